The monoisotopic (exact) mass is 213 g/mol. The second kappa shape index (κ2) is 6.49. The molecule has 2 nitrogen and oxygen atoms in total. The number of rotatable bonds is 5. The summed E-state index contributed by atoms with van der Waals surface area (Å²) >= 11 is 0. The van der Waals surface area contributed by atoms with E-state index in [-0.39, 0.29) is 0 Å². The van der Waals surface area contributed by atoms with Crippen LogP contribution in [-0.4, -0.2) is 25.8 Å². The van der Waals surface area contributed by atoms with Gasteiger partial charge in [-0.3, -0.25) is 0 Å². The fraction of sp³-hybridized carbons (Fsp3) is 1.00. The summed E-state index contributed by atoms with van der Waals surface area (Å²) in [6.45, 7) is 8.10. The fourth-order valence-corrected chi connectivity index (χ4v) is 2.09. The molecule has 0 aromatic rings. The quantitative estimate of drug-likeness (QED) is 0.758. The zero-order chi connectivity index (χ0) is 11.3. The molecule has 1 fully saturated rings. The summed E-state index contributed by atoms with van der Waals surface area (Å²) in [5, 5.41) is 3.69. The molecule has 0 radical (unpaired) electrons. The molecule has 1 rings (SSSR count). The van der Waals surface area contributed by atoms with Gasteiger partial charge in [0.25, 0.3) is 0 Å². The van der Waals surface area contributed by atoms with Crippen LogP contribution >= 0.6 is 0 Å². The summed E-state index contributed by atoms with van der Waals surface area (Å²) < 4.78 is 5.38. The zero-order valence-corrected chi connectivity index (χ0v) is 10.8. The molecule has 1 saturated carbocycles. The second-order valence-electron chi connectivity index (χ2n) is 5.34. The van der Waals surface area contributed by atoms with Gasteiger partial charge in [0.05, 0.1) is 6.10 Å². The Hall–Kier alpha value is -0.0800. The van der Waals surface area contributed by atoms with Crippen LogP contribution < -0.4 is 5.32 Å². The SMILES string of the molecule is COC1CCC(NCC(C)C(C)C)CC1. The summed E-state index contributed by atoms with van der Waals surface area (Å²) in [7, 11) is 1.83. The number of hydrogen-bond donors (Lipinski definition) is 1. The lowest BCUT2D eigenvalue weighted by molar-refractivity contribution is 0.0619. The van der Waals surface area contributed by atoms with Gasteiger partial charge in [-0.2, -0.15) is 0 Å². The highest BCUT2D eigenvalue weighted by Crippen LogP contribution is 2.21. The fourth-order valence-electron chi connectivity index (χ4n) is 2.09. The molecule has 90 valence electrons. The third-order valence-electron chi connectivity index (χ3n) is 3.87. The maximum Gasteiger partial charge on any atom is 0.0572 e. The molecule has 1 atom stereocenters. The normalized spacial score (nSPS) is 29.4. The van der Waals surface area contributed by atoms with Crippen LogP contribution in [0.4, 0.5) is 0 Å². The van der Waals surface area contributed by atoms with Gasteiger partial charge in [0.1, 0.15) is 0 Å². The van der Waals surface area contributed by atoms with Crippen molar-refractivity contribution in [1.29, 1.82) is 0 Å². The highest BCUT2D eigenvalue weighted by atomic mass is 16.5. The van der Waals surface area contributed by atoms with Crippen LogP contribution in [-0.2, 0) is 4.74 Å². The molecule has 1 unspecified atom stereocenters. The Morgan fingerprint density at radius 1 is 1.13 bits per heavy atom. The van der Waals surface area contributed by atoms with Gasteiger partial charge in [0.2, 0.25) is 0 Å². The van der Waals surface area contributed by atoms with Crippen LogP contribution in [0.15, 0.2) is 0 Å². The van der Waals surface area contributed by atoms with E-state index < -0.39 is 0 Å². The molecule has 1 aliphatic carbocycles. The minimum Gasteiger partial charge on any atom is -0.381 e. The zero-order valence-electron chi connectivity index (χ0n) is 10.8. The van der Waals surface area contributed by atoms with Gasteiger partial charge in [-0.15, -0.1) is 0 Å². The Balaban J connectivity index is 2.13. The Labute approximate surface area is 94.8 Å². The lowest BCUT2D eigenvalue weighted by Crippen LogP contribution is -2.38. The smallest absolute Gasteiger partial charge is 0.0572 e. The Morgan fingerprint density at radius 2 is 1.73 bits per heavy atom. The van der Waals surface area contributed by atoms with Gasteiger partial charge in [0.15, 0.2) is 0 Å². The maximum atomic E-state index is 5.38. The molecule has 0 aromatic carbocycles. The third-order valence-corrected chi connectivity index (χ3v) is 3.87. The van der Waals surface area contributed by atoms with Gasteiger partial charge < -0.3 is 10.1 Å². The molecule has 1 N–H and O–H groups in total. The largest absolute Gasteiger partial charge is 0.381 e. The molecule has 15 heavy (non-hydrogen) atoms. The van der Waals surface area contributed by atoms with Gasteiger partial charge >= 0.3 is 0 Å². The maximum absolute atomic E-state index is 5.38. The van der Waals surface area contributed by atoms with Crippen molar-refractivity contribution in [2.24, 2.45) is 11.8 Å². The average Bonchev–Trinajstić information content (AvgIpc) is 2.26. The minimum atomic E-state index is 0.519. The van der Waals surface area contributed by atoms with E-state index in [1.165, 1.54) is 32.2 Å². The van der Waals surface area contributed by atoms with E-state index in [2.05, 4.69) is 26.1 Å². The van der Waals surface area contributed by atoms with Crippen LogP contribution in [0.3, 0.4) is 0 Å². The van der Waals surface area contributed by atoms with Crippen molar-refractivity contribution in [3.8, 4) is 0 Å². The molecule has 0 aromatic heterocycles. The molecule has 0 amide bonds. The van der Waals surface area contributed by atoms with Crippen molar-refractivity contribution < 1.29 is 4.74 Å². The van der Waals surface area contributed by atoms with Crippen LogP contribution in [0.2, 0.25) is 0 Å². The molecule has 0 bridgehead atoms. The minimum absolute atomic E-state index is 0.519. The summed E-state index contributed by atoms with van der Waals surface area (Å²) in [6.07, 6.45) is 5.53. The van der Waals surface area contributed by atoms with Crippen LogP contribution in [0.25, 0.3) is 0 Å². The standard InChI is InChI=1S/C13H27NO/c1-10(2)11(3)9-14-12-5-7-13(15-4)8-6-12/h10-14H,5-9H2,1-4H3. The Bertz CT molecular complexity index is 162. The van der Waals surface area contributed by atoms with Crippen LogP contribution in [0.1, 0.15) is 46.5 Å². The second-order valence-corrected chi connectivity index (χ2v) is 5.34. The van der Waals surface area contributed by atoms with E-state index in [0.717, 1.165) is 17.9 Å². The van der Waals surface area contributed by atoms with Gasteiger partial charge in [-0.25, -0.2) is 0 Å². The molecule has 1 aliphatic rings. The molecule has 0 saturated heterocycles. The summed E-state index contributed by atoms with van der Waals surface area (Å²) in [4.78, 5) is 0. The van der Waals surface area contributed by atoms with E-state index in [4.69, 9.17) is 4.74 Å². The van der Waals surface area contributed by atoms with Crippen molar-refractivity contribution in [2.75, 3.05) is 13.7 Å². The summed E-state index contributed by atoms with van der Waals surface area (Å²) in [5.41, 5.74) is 0. The van der Waals surface area contributed by atoms with Crippen molar-refractivity contribution in [2.45, 2.75) is 58.6 Å². The molecular weight excluding hydrogens is 186 g/mol. The number of nitrogens with one attached hydrogen (secondary N) is 1. The third kappa shape index (κ3) is 4.52. The van der Waals surface area contributed by atoms with Crippen LogP contribution in [0.5, 0.6) is 0 Å². The first-order valence-electron chi connectivity index (χ1n) is 6.39. The Morgan fingerprint density at radius 3 is 2.20 bits per heavy atom. The molecular formula is C13H27NO. The number of methoxy groups -OCH3 is 1. The van der Waals surface area contributed by atoms with E-state index in [1.807, 2.05) is 7.11 Å². The molecule has 0 aliphatic heterocycles. The highest BCUT2D eigenvalue weighted by molar-refractivity contribution is 4.78. The van der Waals surface area contributed by atoms with E-state index in [9.17, 15) is 0 Å². The van der Waals surface area contributed by atoms with Crippen molar-refractivity contribution >= 4 is 0 Å². The van der Waals surface area contributed by atoms with Gasteiger partial charge in [0, 0.05) is 13.2 Å². The average molecular weight is 213 g/mol. The van der Waals surface area contributed by atoms with Crippen molar-refractivity contribution in [3.63, 3.8) is 0 Å². The lowest BCUT2D eigenvalue weighted by Gasteiger charge is -2.29. The number of hydrogen-bond acceptors (Lipinski definition) is 2. The van der Waals surface area contributed by atoms with Crippen LogP contribution in [0, 0.1) is 11.8 Å². The number of ether oxygens (including phenoxy) is 1. The van der Waals surface area contributed by atoms with Crippen molar-refractivity contribution in [1.82, 2.24) is 5.32 Å². The summed E-state index contributed by atoms with van der Waals surface area (Å²) in [6, 6.07) is 0.734. The first-order valence-corrected chi connectivity index (χ1v) is 6.39. The lowest BCUT2D eigenvalue weighted by atomic mass is 9.91. The highest BCUT2D eigenvalue weighted by Gasteiger charge is 2.20. The van der Waals surface area contributed by atoms with E-state index in [0.29, 0.717) is 6.10 Å². The van der Waals surface area contributed by atoms with Gasteiger partial charge in [-0.05, 0) is 44.1 Å². The molecule has 0 heterocycles. The Kier molecular flexibility index (Phi) is 5.62. The predicted molar refractivity (Wildman–Crippen MR) is 65.1 cm³/mol. The van der Waals surface area contributed by atoms with Gasteiger partial charge in [-0.1, -0.05) is 20.8 Å². The first-order chi connectivity index (χ1) is 7.13. The van der Waals surface area contributed by atoms with E-state index in [1.54, 1.807) is 0 Å². The predicted octanol–water partition coefficient (Wildman–Crippen LogP) is 2.83. The first kappa shape index (κ1) is 13.0. The van der Waals surface area contributed by atoms with E-state index >= 15 is 0 Å². The summed E-state index contributed by atoms with van der Waals surface area (Å²) in [5.74, 6) is 1.57. The van der Waals surface area contributed by atoms with Crippen molar-refractivity contribution in [3.05, 3.63) is 0 Å². The molecule has 2 heteroatoms. The molecule has 0 spiro atoms. The topological polar surface area (TPSA) is 21.3 Å².